The van der Waals surface area contributed by atoms with Crippen molar-refractivity contribution in [2.75, 3.05) is 39.3 Å². The molecular formula is C23H26FN3O2. The van der Waals surface area contributed by atoms with Crippen LogP contribution in [0.25, 0.3) is 0 Å². The average molecular weight is 395 g/mol. The van der Waals surface area contributed by atoms with Gasteiger partial charge in [-0.25, -0.2) is 4.39 Å². The molecule has 2 aliphatic heterocycles. The Bertz CT molecular complexity index is 842. The molecule has 1 atom stereocenters. The summed E-state index contributed by atoms with van der Waals surface area (Å²) in [6.07, 6.45) is 2.13. The summed E-state index contributed by atoms with van der Waals surface area (Å²) in [4.78, 5) is 31.9. The van der Waals surface area contributed by atoms with Crippen LogP contribution in [0.15, 0.2) is 54.6 Å². The standard InChI is InChI=1S/C23H26FN3O2/c24-20-10-8-19(9-11-20)22(28)27-16-14-25(15-17-27)21(18-6-2-1-3-7-18)23(29)26-12-4-5-13-26/h1-3,6-11,21H,4-5,12-17H2. The van der Waals surface area contributed by atoms with E-state index in [1.54, 1.807) is 4.90 Å². The Balaban J connectivity index is 1.47. The molecule has 2 aromatic rings. The van der Waals surface area contributed by atoms with Gasteiger partial charge in [0.2, 0.25) is 5.91 Å². The van der Waals surface area contributed by atoms with Crippen LogP contribution < -0.4 is 0 Å². The van der Waals surface area contributed by atoms with E-state index in [9.17, 15) is 14.0 Å². The topological polar surface area (TPSA) is 43.9 Å². The van der Waals surface area contributed by atoms with Crippen LogP contribution in [0.2, 0.25) is 0 Å². The molecule has 0 bridgehead atoms. The van der Waals surface area contributed by atoms with Crippen LogP contribution >= 0.6 is 0 Å². The van der Waals surface area contributed by atoms with Crippen LogP contribution in [-0.4, -0.2) is 65.8 Å². The molecule has 2 aliphatic rings. The van der Waals surface area contributed by atoms with Crippen molar-refractivity contribution in [3.8, 4) is 0 Å². The SMILES string of the molecule is O=C(c1ccc(F)cc1)N1CCN(C(C(=O)N2CCCC2)c2ccccc2)CC1. The van der Waals surface area contributed by atoms with Gasteiger partial charge in [0.15, 0.2) is 0 Å². The second-order valence-corrected chi connectivity index (χ2v) is 7.68. The summed E-state index contributed by atoms with van der Waals surface area (Å²) in [7, 11) is 0. The van der Waals surface area contributed by atoms with Crippen LogP contribution in [0.3, 0.4) is 0 Å². The van der Waals surface area contributed by atoms with Gasteiger partial charge in [-0.2, -0.15) is 0 Å². The number of nitrogens with zero attached hydrogens (tertiary/aromatic N) is 3. The first-order valence-corrected chi connectivity index (χ1v) is 10.3. The first-order chi connectivity index (χ1) is 14.1. The summed E-state index contributed by atoms with van der Waals surface area (Å²) in [5, 5.41) is 0. The molecule has 4 rings (SSSR count). The molecule has 152 valence electrons. The van der Waals surface area contributed by atoms with Gasteiger partial charge in [-0.1, -0.05) is 30.3 Å². The van der Waals surface area contributed by atoms with Crippen molar-refractivity contribution in [1.82, 2.24) is 14.7 Å². The van der Waals surface area contributed by atoms with E-state index in [2.05, 4.69) is 4.90 Å². The number of hydrogen-bond donors (Lipinski definition) is 0. The predicted octanol–water partition coefficient (Wildman–Crippen LogP) is 2.95. The maximum atomic E-state index is 13.3. The molecule has 1 unspecified atom stereocenters. The van der Waals surface area contributed by atoms with E-state index in [0.717, 1.165) is 31.5 Å². The number of carbonyl (C=O) groups is 2. The summed E-state index contributed by atoms with van der Waals surface area (Å²) in [5.74, 6) is -0.281. The van der Waals surface area contributed by atoms with Crippen LogP contribution in [0.4, 0.5) is 4.39 Å². The Morgan fingerprint density at radius 2 is 1.38 bits per heavy atom. The number of hydrogen-bond acceptors (Lipinski definition) is 3. The molecule has 0 N–H and O–H groups in total. The molecule has 5 nitrogen and oxygen atoms in total. The van der Waals surface area contributed by atoms with E-state index >= 15 is 0 Å². The van der Waals surface area contributed by atoms with Crippen LogP contribution in [0, 0.1) is 5.82 Å². The van der Waals surface area contributed by atoms with E-state index in [1.165, 1.54) is 24.3 Å². The molecule has 29 heavy (non-hydrogen) atoms. The summed E-state index contributed by atoms with van der Waals surface area (Å²) in [6.45, 7) is 4.01. The molecule has 2 fully saturated rings. The number of halogens is 1. The lowest BCUT2D eigenvalue weighted by molar-refractivity contribution is -0.136. The van der Waals surface area contributed by atoms with Gasteiger partial charge in [-0.05, 0) is 42.7 Å². The molecule has 0 aromatic heterocycles. The van der Waals surface area contributed by atoms with Crippen molar-refractivity contribution < 1.29 is 14.0 Å². The van der Waals surface area contributed by atoms with E-state index in [1.807, 2.05) is 35.2 Å². The predicted molar refractivity (Wildman–Crippen MR) is 109 cm³/mol. The Morgan fingerprint density at radius 3 is 2.00 bits per heavy atom. The van der Waals surface area contributed by atoms with Gasteiger partial charge in [0.05, 0.1) is 0 Å². The number of piperazine rings is 1. The number of amides is 2. The average Bonchev–Trinajstić information content (AvgIpc) is 3.30. The van der Waals surface area contributed by atoms with E-state index in [4.69, 9.17) is 0 Å². The highest BCUT2D eigenvalue weighted by Crippen LogP contribution is 2.26. The van der Waals surface area contributed by atoms with Crippen molar-refractivity contribution in [2.45, 2.75) is 18.9 Å². The van der Waals surface area contributed by atoms with Gasteiger partial charge in [0, 0.05) is 44.8 Å². The highest BCUT2D eigenvalue weighted by atomic mass is 19.1. The normalized spacial score (nSPS) is 18.7. The largest absolute Gasteiger partial charge is 0.341 e. The quantitative estimate of drug-likeness (QED) is 0.800. The first-order valence-electron chi connectivity index (χ1n) is 10.3. The summed E-state index contributed by atoms with van der Waals surface area (Å²) >= 11 is 0. The monoisotopic (exact) mass is 395 g/mol. The minimum Gasteiger partial charge on any atom is -0.341 e. The molecule has 2 saturated heterocycles. The maximum absolute atomic E-state index is 13.3. The fraction of sp³-hybridized carbons (Fsp3) is 0.391. The lowest BCUT2D eigenvalue weighted by Gasteiger charge is -2.40. The molecule has 0 aliphatic carbocycles. The Labute approximate surface area is 170 Å². The zero-order chi connectivity index (χ0) is 20.2. The summed E-state index contributed by atoms with van der Waals surface area (Å²) in [6, 6.07) is 15.3. The van der Waals surface area contributed by atoms with Gasteiger partial charge < -0.3 is 9.80 Å². The third-order valence-corrected chi connectivity index (χ3v) is 5.82. The zero-order valence-electron chi connectivity index (χ0n) is 16.5. The van der Waals surface area contributed by atoms with Gasteiger partial charge in [0.1, 0.15) is 11.9 Å². The third-order valence-electron chi connectivity index (χ3n) is 5.82. The fourth-order valence-electron chi connectivity index (χ4n) is 4.21. The van der Waals surface area contributed by atoms with Crippen molar-refractivity contribution in [2.24, 2.45) is 0 Å². The van der Waals surface area contributed by atoms with Crippen LogP contribution in [-0.2, 0) is 4.79 Å². The highest BCUT2D eigenvalue weighted by Gasteiger charge is 2.35. The second kappa shape index (κ2) is 8.74. The molecule has 2 heterocycles. The molecule has 2 aromatic carbocycles. The fourth-order valence-corrected chi connectivity index (χ4v) is 4.21. The second-order valence-electron chi connectivity index (χ2n) is 7.68. The summed E-state index contributed by atoms with van der Waals surface area (Å²) < 4.78 is 13.1. The molecule has 6 heteroatoms. The Kier molecular flexibility index (Phi) is 5.90. The van der Waals surface area contributed by atoms with Gasteiger partial charge in [-0.3, -0.25) is 14.5 Å². The molecule has 0 saturated carbocycles. The lowest BCUT2D eigenvalue weighted by atomic mass is 10.0. The first kappa shape index (κ1) is 19.6. The molecule has 0 spiro atoms. The van der Waals surface area contributed by atoms with Crippen molar-refractivity contribution in [3.63, 3.8) is 0 Å². The van der Waals surface area contributed by atoms with E-state index in [0.29, 0.717) is 31.7 Å². The number of benzene rings is 2. The molecule has 0 radical (unpaired) electrons. The number of likely N-dealkylation sites (tertiary alicyclic amines) is 1. The Morgan fingerprint density at radius 1 is 0.759 bits per heavy atom. The van der Waals surface area contributed by atoms with Crippen LogP contribution in [0.5, 0.6) is 0 Å². The lowest BCUT2D eigenvalue weighted by Crippen LogP contribution is -2.52. The van der Waals surface area contributed by atoms with Crippen molar-refractivity contribution >= 4 is 11.8 Å². The van der Waals surface area contributed by atoms with Crippen molar-refractivity contribution in [1.29, 1.82) is 0 Å². The van der Waals surface area contributed by atoms with E-state index < -0.39 is 0 Å². The van der Waals surface area contributed by atoms with Gasteiger partial charge in [0.25, 0.3) is 5.91 Å². The summed E-state index contributed by atoms with van der Waals surface area (Å²) in [5.41, 5.74) is 1.50. The molecular weight excluding hydrogens is 369 g/mol. The zero-order valence-corrected chi connectivity index (χ0v) is 16.5. The van der Waals surface area contributed by atoms with Crippen molar-refractivity contribution in [3.05, 3.63) is 71.5 Å². The molecule has 2 amide bonds. The smallest absolute Gasteiger partial charge is 0.253 e. The highest BCUT2D eigenvalue weighted by molar-refractivity contribution is 5.94. The van der Waals surface area contributed by atoms with Gasteiger partial charge >= 0.3 is 0 Å². The van der Waals surface area contributed by atoms with Gasteiger partial charge in [-0.15, -0.1) is 0 Å². The Hall–Kier alpha value is -2.73. The minimum absolute atomic E-state index is 0.0909. The maximum Gasteiger partial charge on any atom is 0.253 e. The van der Waals surface area contributed by atoms with E-state index in [-0.39, 0.29) is 23.7 Å². The van der Waals surface area contributed by atoms with Crippen LogP contribution in [0.1, 0.15) is 34.8 Å². The number of rotatable bonds is 4. The minimum atomic E-state index is -0.350. The third kappa shape index (κ3) is 4.32. The number of carbonyl (C=O) groups excluding carboxylic acids is 2.